The lowest BCUT2D eigenvalue weighted by Gasteiger charge is -2.37. The smallest absolute Gasteiger partial charge is 0.0965 e. The van der Waals surface area contributed by atoms with Crippen molar-refractivity contribution in [3.8, 4) is 0 Å². The van der Waals surface area contributed by atoms with Crippen LogP contribution in [0.4, 0.5) is 0 Å². The lowest BCUT2D eigenvalue weighted by molar-refractivity contribution is 0.101. The number of hydrogen-bond acceptors (Lipinski definition) is 3. The Hall–Kier alpha value is -1.42. The van der Waals surface area contributed by atoms with Crippen molar-refractivity contribution >= 4 is 11.6 Å². The molecular formula is C22H27ClN2O. The van der Waals surface area contributed by atoms with E-state index in [1.807, 2.05) is 6.07 Å². The van der Waals surface area contributed by atoms with Crippen LogP contribution in [-0.2, 0) is 6.42 Å². The van der Waals surface area contributed by atoms with Gasteiger partial charge in [-0.1, -0.05) is 35.9 Å². The summed E-state index contributed by atoms with van der Waals surface area (Å²) >= 11 is 6.10. The van der Waals surface area contributed by atoms with Gasteiger partial charge in [0, 0.05) is 12.7 Å². The molecule has 1 aromatic heterocycles. The predicted octanol–water partition coefficient (Wildman–Crippen LogP) is 4.52. The molecule has 138 valence electrons. The molecule has 1 aliphatic heterocycles. The first-order chi connectivity index (χ1) is 12.6. The second kappa shape index (κ2) is 7.67. The molecule has 4 heteroatoms. The molecule has 0 radical (unpaired) electrons. The average Bonchev–Trinajstić information content (AvgIpc) is 2.62. The molecule has 1 aliphatic carbocycles. The van der Waals surface area contributed by atoms with Gasteiger partial charge in [0.2, 0.25) is 0 Å². The Balaban J connectivity index is 1.36. The number of hydrogen-bond donors (Lipinski definition) is 1. The molecule has 2 aromatic rings. The Kier molecular flexibility index (Phi) is 5.30. The summed E-state index contributed by atoms with van der Waals surface area (Å²) in [5, 5.41) is 11.1. The number of benzene rings is 1. The minimum atomic E-state index is -0.453. The van der Waals surface area contributed by atoms with E-state index >= 15 is 0 Å². The van der Waals surface area contributed by atoms with Crippen LogP contribution >= 0.6 is 11.6 Å². The molecule has 0 amide bonds. The van der Waals surface area contributed by atoms with Crippen molar-refractivity contribution in [2.45, 2.75) is 44.6 Å². The van der Waals surface area contributed by atoms with E-state index in [0.717, 1.165) is 43.7 Å². The van der Waals surface area contributed by atoms with E-state index in [2.05, 4.69) is 41.1 Å². The van der Waals surface area contributed by atoms with Crippen LogP contribution < -0.4 is 0 Å². The van der Waals surface area contributed by atoms with Crippen molar-refractivity contribution in [2.24, 2.45) is 5.92 Å². The lowest BCUT2D eigenvalue weighted by Crippen LogP contribution is -2.38. The van der Waals surface area contributed by atoms with Gasteiger partial charge in [-0.05, 0) is 80.3 Å². The summed E-state index contributed by atoms with van der Waals surface area (Å²) < 4.78 is 0. The molecule has 1 aromatic carbocycles. The minimum Gasteiger partial charge on any atom is -0.387 e. The Morgan fingerprint density at radius 1 is 1.23 bits per heavy atom. The molecule has 1 saturated heterocycles. The van der Waals surface area contributed by atoms with E-state index in [1.54, 1.807) is 6.20 Å². The predicted molar refractivity (Wildman–Crippen MR) is 106 cm³/mol. The van der Waals surface area contributed by atoms with Gasteiger partial charge in [-0.2, -0.15) is 0 Å². The highest BCUT2D eigenvalue weighted by Gasteiger charge is 2.30. The summed E-state index contributed by atoms with van der Waals surface area (Å²) in [7, 11) is 0. The molecule has 26 heavy (non-hydrogen) atoms. The van der Waals surface area contributed by atoms with E-state index in [4.69, 9.17) is 11.6 Å². The molecule has 2 aliphatic rings. The van der Waals surface area contributed by atoms with E-state index < -0.39 is 6.10 Å². The summed E-state index contributed by atoms with van der Waals surface area (Å²) in [4.78, 5) is 6.92. The lowest BCUT2D eigenvalue weighted by atomic mass is 9.83. The minimum absolute atomic E-state index is 0.453. The topological polar surface area (TPSA) is 36.4 Å². The summed E-state index contributed by atoms with van der Waals surface area (Å²) in [6, 6.07) is 10.8. The third-order valence-corrected chi connectivity index (χ3v) is 6.29. The van der Waals surface area contributed by atoms with Crippen LogP contribution in [0.2, 0.25) is 5.02 Å². The highest BCUT2D eigenvalue weighted by Crippen LogP contribution is 2.35. The Morgan fingerprint density at radius 2 is 2.00 bits per heavy atom. The third kappa shape index (κ3) is 3.80. The first-order valence-electron chi connectivity index (χ1n) is 9.70. The van der Waals surface area contributed by atoms with E-state index in [-0.39, 0.29) is 0 Å². The van der Waals surface area contributed by atoms with Crippen molar-refractivity contribution in [1.82, 2.24) is 9.88 Å². The van der Waals surface area contributed by atoms with E-state index in [0.29, 0.717) is 16.9 Å². The normalized spacial score (nSPS) is 24.4. The van der Waals surface area contributed by atoms with Gasteiger partial charge in [-0.3, -0.25) is 4.98 Å². The zero-order chi connectivity index (χ0) is 18.1. The number of aryl methyl sites for hydroxylation is 1. The first kappa shape index (κ1) is 18.0. The molecule has 0 bridgehead atoms. The zero-order valence-electron chi connectivity index (χ0n) is 15.4. The van der Waals surface area contributed by atoms with Crippen LogP contribution in [0.5, 0.6) is 0 Å². The van der Waals surface area contributed by atoms with Gasteiger partial charge in [0.05, 0.1) is 16.8 Å². The number of halogens is 1. The maximum absolute atomic E-state index is 10.4. The van der Waals surface area contributed by atoms with Crippen LogP contribution in [0.1, 0.15) is 53.7 Å². The molecule has 4 rings (SSSR count). The molecule has 1 fully saturated rings. The number of rotatable bonds is 3. The van der Waals surface area contributed by atoms with E-state index in [9.17, 15) is 5.11 Å². The van der Waals surface area contributed by atoms with Crippen molar-refractivity contribution in [2.75, 3.05) is 19.6 Å². The Labute approximate surface area is 161 Å². The highest BCUT2D eigenvalue weighted by atomic mass is 35.5. The fraction of sp³-hybridized carbons (Fsp3) is 0.500. The molecule has 2 unspecified atom stereocenters. The molecule has 2 atom stereocenters. The Morgan fingerprint density at radius 3 is 2.77 bits per heavy atom. The van der Waals surface area contributed by atoms with Gasteiger partial charge in [0.1, 0.15) is 0 Å². The zero-order valence-corrected chi connectivity index (χ0v) is 16.1. The number of nitrogens with zero attached hydrogens (tertiary/aromatic N) is 2. The quantitative estimate of drug-likeness (QED) is 0.862. The molecular weight excluding hydrogens is 344 g/mol. The maximum Gasteiger partial charge on any atom is 0.0965 e. The van der Waals surface area contributed by atoms with Crippen LogP contribution in [-0.4, -0.2) is 34.6 Å². The van der Waals surface area contributed by atoms with Gasteiger partial charge in [0.25, 0.3) is 0 Å². The first-order valence-corrected chi connectivity index (χ1v) is 10.1. The van der Waals surface area contributed by atoms with Crippen molar-refractivity contribution in [3.05, 3.63) is 63.9 Å². The second-order valence-corrected chi connectivity index (χ2v) is 8.39. The third-order valence-electron chi connectivity index (χ3n) is 6.08. The molecule has 3 nitrogen and oxygen atoms in total. The van der Waals surface area contributed by atoms with Gasteiger partial charge in [0.15, 0.2) is 0 Å². The number of piperidine rings is 1. The number of aliphatic hydroxyl groups is 1. The summed E-state index contributed by atoms with van der Waals surface area (Å²) in [6.07, 6.45) is 5.41. The number of likely N-dealkylation sites (tertiary alicyclic amines) is 1. The van der Waals surface area contributed by atoms with Crippen molar-refractivity contribution < 1.29 is 5.11 Å². The largest absolute Gasteiger partial charge is 0.387 e. The van der Waals surface area contributed by atoms with Crippen LogP contribution in [0.3, 0.4) is 0 Å². The molecule has 0 spiro atoms. The molecule has 0 saturated carbocycles. The average molecular weight is 371 g/mol. The molecule has 1 N–H and O–H groups in total. The number of fused-ring (bicyclic) bond motifs is 1. The van der Waals surface area contributed by atoms with Crippen LogP contribution in [0, 0.1) is 12.8 Å². The van der Waals surface area contributed by atoms with Gasteiger partial charge >= 0.3 is 0 Å². The standard InChI is InChI=1S/C22H27ClN2O/c1-15-4-2-3-5-20(15)17-6-8-25(9-7-17)14-16-10-18-12-19(23)13-24-22(18)21(26)11-16/h2-5,12-13,16-17,21,26H,6-11,14H2,1H3. The SMILES string of the molecule is Cc1ccccc1C1CCN(CC2Cc3cc(Cl)cnc3C(O)C2)CC1. The van der Waals surface area contributed by atoms with Crippen molar-refractivity contribution in [1.29, 1.82) is 0 Å². The van der Waals surface area contributed by atoms with Crippen molar-refractivity contribution in [3.63, 3.8) is 0 Å². The highest BCUT2D eigenvalue weighted by molar-refractivity contribution is 6.30. The summed E-state index contributed by atoms with van der Waals surface area (Å²) in [5.41, 5.74) is 4.89. The van der Waals surface area contributed by atoms with E-state index in [1.165, 1.54) is 24.0 Å². The fourth-order valence-electron chi connectivity index (χ4n) is 4.75. The van der Waals surface area contributed by atoms with Crippen LogP contribution in [0.25, 0.3) is 0 Å². The maximum atomic E-state index is 10.4. The summed E-state index contributed by atoms with van der Waals surface area (Å²) in [6.45, 7) is 5.57. The number of pyridine rings is 1. The van der Waals surface area contributed by atoms with Gasteiger partial charge < -0.3 is 10.0 Å². The van der Waals surface area contributed by atoms with Gasteiger partial charge in [-0.15, -0.1) is 0 Å². The van der Waals surface area contributed by atoms with Gasteiger partial charge in [-0.25, -0.2) is 0 Å². The fourth-order valence-corrected chi connectivity index (χ4v) is 4.93. The summed E-state index contributed by atoms with van der Waals surface area (Å²) in [5.74, 6) is 1.17. The second-order valence-electron chi connectivity index (χ2n) is 7.95. The van der Waals surface area contributed by atoms with Crippen LogP contribution in [0.15, 0.2) is 36.5 Å². The molecule has 2 heterocycles. The Bertz CT molecular complexity index is 770. The monoisotopic (exact) mass is 370 g/mol. The number of aliphatic hydroxyl groups excluding tert-OH is 1. The number of aromatic nitrogens is 1.